The number of amides is 1. The molecule has 0 bridgehead atoms. The maximum absolute atomic E-state index is 11.7. The van der Waals surface area contributed by atoms with Crippen LogP contribution in [0.1, 0.15) is 24.0 Å². The molecule has 0 aromatic heterocycles. The molecule has 0 radical (unpaired) electrons. The number of hydrogen-bond donors (Lipinski definition) is 2. The van der Waals surface area contributed by atoms with Gasteiger partial charge in [-0.2, -0.15) is 5.10 Å². The van der Waals surface area contributed by atoms with Crippen LogP contribution >= 0.6 is 0 Å². The number of anilines is 1. The number of carbonyl (C=O) groups is 1. The average molecular weight is 295 g/mol. The molecule has 1 atom stereocenters. The van der Waals surface area contributed by atoms with Gasteiger partial charge >= 0.3 is 0 Å². The highest BCUT2D eigenvalue weighted by molar-refractivity contribution is 5.81. The van der Waals surface area contributed by atoms with Crippen molar-refractivity contribution in [3.05, 3.63) is 65.7 Å². The van der Waals surface area contributed by atoms with Crippen molar-refractivity contribution in [1.82, 2.24) is 5.43 Å². The van der Waals surface area contributed by atoms with E-state index in [0.717, 1.165) is 5.69 Å². The van der Waals surface area contributed by atoms with Crippen LogP contribution in [0.5, 0.6) is 0 Å². The molecular formula is C18H21N3O. The van der Waals surface area contributed by atoms with E-state index < -0.39 is 0 Å². The Morgan fingerprint density at radius 1 is 1.14 bits per heavy atom. The molecule has 0 saturated heterocycles. The second-order valence-electron chi connectivity index (χ2n) is 5.23. The molecule has 4 nitrogen and oxygen atoms in total. The summed E-state index contributed by atoms with van der Waals surface area (Å²) >= 11 is 0. The summed E-state index contributed by atoms with van der Waals surface area (Å²) in [6, 6.07) is 17.9. The summed E-state index contributed by atoms with van der Waals surface area (Å²) in [5.41, 5.74) is 5.81. The molecule has 2 aromatic rings. The SMILES string of the molecule is Cc1ccc(NCC(=O)N/N=C\[C@H](C)c2ccccc2)cc1. The minimum Gasteiger partial charge on any atom is -0.376 e. The molecule has 0 aliphatic carbocycles. The fourth-order valence-corrected chi connectivity index (χ4v) is 1.96. The van der Waals surface area contributed by atoms with Crippen molar-refractivity contribution in [2.24, 2.45) is 5.10 Å². The molecular weight excluding hydrogens is 274 g/mol. The van der Waals surface area contributed by atoms with Gasteiger partial charge in [0.2, 0.25) is 0 Å². The Bertz CT molecular complexity index is 621. The predicted molar refractivity (Wildman–Crippen MR) is 91.2 cm³/mol. The van der Waals surface area contributed by atoms with Crippen LogP contribution in [0.4, 0.5) is 5.69 Å². The van der Waals surface area contributed by atoms with Crippen LogP contribution < -0.4 is 10.7 Å². The highest BCUT2D eigenvalue weighted by Gasteiger charge is 2.02. The van der Waals surface area contributed by atoms with Crippen LogP contribution in [-0.4, -0.2) is 18.7 Å². The first kappa shape index (κ1) is 15.8. The molecule has 2 rings (SSSR count). The van der Waals surface area contributed by atoms with Gasteiger partial charge in [-0.3, -0.25) is 4.79 Å². The van der Waals surface area contributed by atoms with Gasteiger partial charge in [0.25, 0.3) is 5.91 Å². The molecule has 0 spiro atoms. The number of nitrogens with one attached hydrogen (secondary N) is 2. The maximum atomic E-state index is 11.7. The van der Waals surface area contributed by atoms with Gasteiger partial charge in [0.15, 0.2) is 0 Å². The van der Waals surface area contributed by atoms with E-state index >= 15 is 0 Å². The lowest BCUT2D eigenvalue weighted by Crippen LogP contribution is -2.26. The number of carbonyl (C=O) groups excluding carboxylic acids is 1. The first-order valence-corrected chi connectivity index (χ1v) is 7.32. The van der Waals surface area contributed by atoms with Crippen molar-refractivity contribution in [2.75, 3.05) is 11.9 Å². The quantitative estimate of drug-likeness (QED) is 0.634. The van der Waals surface area contributed by atoms with Crippen molar-refractivity contribution in [1.29, 1.82) is 0 Å². The lowest BCUT2D eigenvalue weighted by atomic mass is 10.0. The molecule has 1 amide bonds. The Balaban J connectivity index is 1.75. The Kier molecular flexibility index (Phi) is 5.72. The van der Waals surface area contributed by atoms with Gasteiger partial charge in [-0.1, -0.05) is 55.0 Å². The molecule has 114 valence electrons. The smallest absolute Gasteiger partial charge is 0.259 e. The summed E-state index contributed by atoms with van der Waals surface area (Å²) in [6.07, 6.45) is 1.74. The standard InChI is InChI=1S/C18H21N3O/c1-14-8-10-17(11-9-14)19-13-18(22)21-20-12-15(2)16-6-4-3-5-7-16/h3-12,15,19H,13H2,1-2H3,(H,21,22)/b20-12-/t15-/m0/s1. The van der Waals surface area contributed by atoms with Gasteiger partial charge in [-0.15, -0.1) is 0 Å². The second-order valence-corrected chi connectivity index (χ2v) is 5.23. The third-order valence-corrected chi connectivity index (χ3v) is 3.32. The van der Waals surface area contributed by atoms with Crippen molar-refractivity contribution >= 4 is 17.8 Å². The number of rotatable bonds is 6. The number of hydrogen-bond acceptors (Lipinski definition) is 3. The Morgan fingerprint density at radius 3 is 2.50 bits per heavy atom. The Labute approximate surface area is 131 Å². The van der Waals surface area contributed by atoms with E-state index in [1.54, 1.807) is 6.21 Å². The van der Waals surface area contributed by atoms with E-state index in [4.69, 9.17) is 0 Å². The number of aryl methyl sites for hydroxylation is 1. The van der Waals surface area contributed by atoms with Crippen LogP contribution in [0, 0.1) is 6.92 Å². The van der Waals surface area contributed by atoms with Crippen LogP contribution in [-0.2, 0) is 4.79 Å². The predicted octanol–water partition coefficient (Wildman–Crippen LogP) is 3.31. The van der Waals surface area contributed by atoms with E-state index in [1.165, 1.54) is 11.1 Å². The average Bonchev–Trinajstić information content (AvgIpc) is 2.55. The van der Waals surface area contributed by atoms with Crippen molar-refractivity contribution in [3.8, 4) is 0 Å². The fraction of sp³-hybridized carbons (Fsp3) is 0.222. The molecule has 0 saturated carbocycles. The number of hydrazone groups is 1. The Hall–Kier alpha value is -2.62. The highest BCUT2D eigenvalue weighted by Crippen LogP contribution is 2.11. The van der Waals surface area contributed by atoms with Crippen LogP contribution in [0.2, 0.25) is 0 Å². The second kappa shape index (κ2) is 7.98. The van der Waals surface area contributed by atoms with E-state index in [9.17, 15) is 4.79 Å². The highest BCUT2D eigenvalue weighted by atomic mass is 16.2. The van der Waals surface area contributed by atoms with Crippen molar-refractivity contribution < 1.29 is 4.79 Å². The van der Waals surface area contributed by atoms with Crippen LogP contribution in [0.3, 0.4) is 0 Å². The molecule has 0 aliphatic rings. The molecule has 0 fully saturated rings. The van der Waals surface area contributed by atoms with Crippen LogP contribution in [0.15, 0.2) is 59.7 Å². The molecule has 22 heavy (non-hydrogen) atoms. The molecule has 0 aliphatic heterocycles. The number of nitrogens with zero attached hydrogens (tertiary/aromatic N) is 1. The lowest BCUT2D eigenvalue weighted by Gasteiger charge is -2.07. The summed E-state index contributed by atoms with van der Waals surface area (Å²) in [5, 5.41) is 7.06. The molecule has 4 heteroatoms. The lowest BCUT2D eigenvalue weighted by molar-refractivity contribution is -0.119. The summed E-state index contributed by atoms with van der Waals surface area (Å²) in [6.45, 7) is 4.26. The topological polar surface area (TPSA) is 53.5 Å². The summed E-state index contributed by atoms with van der Waals surface area (Å²) in [5.74, 6) is -0.0105. The van der Waals surface area contributed by atoms with E-state index in [2.05, 4.69) is 15.8 Å². The van der Waals surface area contributed by atoms with E-state index in [1.807, 2.05) is 68.4 Å². The summed E-state index contributed by atoms with van der Waals surface area (Å²) in [7, 11) is 0. The largest absolute Gasteiger partial charge is 0.376 e. The molecule has 0 unspecified atom stereocenters. The first-order valence-electron chi connectivity index (χ1n) is 7.32. The maximum Gasteiger partial charge on any atom is 0.259 e. The van der Waals surface area contributed by atoms with Crippen LogP contribution in [0.25, 0.3) is 0 Å². The van der Waals surface area contributed by atoms with Gasteiger partial charge in [0.05, 0.1) is 6.54 Å². The fourth-order valence-electron chi connectivity index (χ4n) is 1.96. The van der Waals surface area contributed by atoms with E-state index in [-0.39, 0.29) is 18.4 Å². The zero-order valence-electron chi connectivity index (χ0n) is 12.9. The molecule has 2 aromatic carbocycles. The monoisotopic (exact) mass is 295 g/mol. The normalized spacial score (nSPS) is 12.1. The van der Waals surface area contributed by atoms with Gasteiger partial charge in [-0.25, -0.2) is 5.43 Å². The van der Waals surface area contributed by atoms with Gasteiger partial charge < -0.3 is 5.32 Å². The first-order chi connectivity index (χ1) is 10.6. The van der Waals surface area contributed by atoms with Gasteiger partial charge in [0.1, 0.15) is 0 Å². The molecule has 0 heterocycles. The minimum absolute atomic E-state index is 0.159. The zero-order valence-corrected chi connectivity index (χ0v) is 12.9. The van der Waals surface area contributed by atoms with E-state index in [0.29, 0.717) is 0 Å². The van der Waals surface area contributed by atoms with Gasteiger partial charge in [0, 0.05) is 17.8 Å². The van der Waals surface area contributed by atoms with Crippen molar-refractivity contribution in [3.63, 3.8) is 0 Å². The zero-order chi connectivity index (χ0) is 15.8. The Morgan fingerprint density at radius 2 is 1.82 bits per heavy atom. The summed E-state index contributed by atoms with van der Waals surface area (Å²) < 4.78 is 0. The third kappa shape index (κ3) is 5.05. The molecule has 2 N–H and O–H groups in total. The third-order valence-electron chi connectivity index (χ3n) is 3.32. The van der Waals surface area contributed by atoms with Crippen molar-refractivity contribution in [2.45, 2.75) is 19.8 Å². The summed E-state index contributed by atoms with van der Waals surface area (Å²) in [4.78, 5) is 11.7. The number of benzene rings is 2. The minimum atomic E-state index is -0.169. The van der Waals surface area contributed by atoms with Gasteiger partial charge in [-0.05, 0) is 24.6 Å².